The number of anilines is 1. The third-order valence-electron chi connectivity index (χ3n) is 4.61. The van der Waals surface area contributed by atoms with Gasteiger partial charge in [0.25, 0.3) is 0 Å². The molecule has 146 valence electrons. The normalized spacial score (nSPS) is 13.6. The van der Waals surface area contributed by atoms with Crippen LogP contribution in [0.2, 0.25) is 0 Å². The van der Waals surface area contributed by atoms with E-state index in [2.05, 4.69) is 41.9 Å². The highest BCUT2D eigenvalue weighted by molar-refractivity contribution is 7.07. The lowest BCUT2D eigenvalue weighted by molar-refractivity contribution is 0.195. The standard InChI is InChI=1S/C19H23N7OS/c1-24(2)11-16-10-15(3-5-20-16)21-19(27)25-6-7-26-17(22-23-18(26)12-25)9-14-4-8-28-13-14/h3-5,8,10,13H,6-7,9,11-12H2,1-2H3,(H,20,21,27). The monoisotopic (exact) mass is 397 g/mol. The Kier molecular flexibility index (Phi) is 5.36. The number of pyridine rings is 1. The number of nitrogens with one attached hydrogen (secondary N) is 1. The van der Waals surface area contributed by atoms with Crippen LogP contribution < -0.4 is 5.32 Å². The summed E-state index contributed by atoms with van der Waals surface area (Å²) in [5, 5.41) is 15.8. The third kappa shape index (κ3) is 4.20. The molecule has 3 aromatic rings. The molecular weight excluding hydrogens is 374 g/mol. The lowest BCUT2D eigenvalue weighted by atomic mass is 10.2. The van der Waals surface area contributed by atoms with Gasteiger partial charge >= 0.3 is 6.03 Å². The number of thiophene rings is 1. The first kappa shape index (κ1) is 18.6. The Morgan fingerprint density at radius 1 is 1.29 bits per heavy atom. The lowest BCUT2D eigenvalue weighted by Crippen LogP contribution is -2.41. The third-order valence-corrected chi connectivity index (χ3v) is 5.34. The molecule has 0 saturated heterocycles. The smallest absolute Gasteiger partial charge is 0.315 e. The molecular formula is C19H23N7OS. The van der Waals surface area contributed by atoms with Gasteiger partial charge in [-0.1, -0.05) is 0 Å². The Morgan fingerprint density at radius 2 is 2.18 bits per heavy atom. The average Bonchev–Trinajstić information content (AvgIpc) is 3.31. The number of fused-ring (bicyclic) bond motifs is 1. The molecule has 8 nitrogen and oxygen atoms in total. The summed E-state index contributed by atoms with van der Waals surface area (Å²) in [6, 6.07) is 5.69. The minimum Gasteiger partial charge on any atom is -0.315 e. The fourth-order valence-corrected chi connectivity index (χ4v) is 3.94. The SMILES string of the molecule is CN(C)Cc1cc(NC(=O)N2CCn3c(Cc4ccsc4)nnc3C2)ccn1. The summed E-state index contributed by atoms with van der Waals surface area (Å²) in [6.45, 7) is 2.52. The number of carbonyl (C=O) groups excluding carboxylic acids is 1. The van der Waals surface area contributed by atoms with Crippen LogP contribution >= 0.6 is 11.3 Å². The second-order valence-electron chi connectivity index (χ2n) is 7.12. The van der Waals surface area contributed by atoms with E-state index in [4.69, 9.17) is 0 Å². The van der Waals surface area contributed by atoms with E-state index in [-0.39, 0.29) is 6.03 Å². The van der Waals surface area contributed by atoms with E-state index in [1.165, 1.54) is 5.56 Å². The summed E-state index contributed by atoms with van der Waals surface area (Å²) in [4.78, 5) is 20.8. The zero-order valence-electron chi connectivity index (χ0n) is 16.0. The van der Waals surface area contributed by atoms with Crippen LogP contribution in [0.25, 0.3) is 0 Å². The maximum atomic E-state index is 12.7. The number of hydrogen-bond donors (Lipinski definition) is 1. The molecule has 0 atom stereocenters. The molecule has 28 heavy (non-hydrogen) atoms. The second-order valence-corrected chi connectivity index (χ2v) is 7.90. The van der Waals surface area contributed by atoms with E-state index in [0.717, 1.165) is 36.0 Å². The van der Waals surface area contributed by atoms with Crippen molar-refractivity contribution in [3.8, 4) is 0 Å². The fourth-order valence-electron chi connectivity index (χ4n) is 3.27. The summed E-state index contributed by atoms with van der Waals surface area (Å²) >= 11 is 1.68. The van der Waals surface area contributed by atoms with Crippen molar-refractivity contribution in [3.05, 3.63) is 58.1 Å². The number of rotatable bonds is 5. The van der Waals surface area contributed by atoms with Crippen LogP contribution in [0, 0.1) is 0 Å². The van der Waals surface area contributed by atoms with Crippen molar-refractivity contribution >= 4 is 23.1 Å². The summed E-state index contributed by atoms with van der Waals surface area (Å²) < 4.78 is 2.13. The van der Waals surface area contributed by atoms with Crippen LogP contribution in [-0.2, 0) is 26.1 Å². The van der Waals surface area contributed by atoms with Gasteiger partial charge in [-0.3, -0.25) is 4.98 Å². The highest BCUT2D eigenvalue weighted by Gasteiger charge is 2.24. The Labute approximate surface area is 167 Å². The van der Waals surface area contributed by atoms with E-state index in [0.29, 0.717) is 19.6 Å². The molecule has 0 fully saturated rings. The number of amides is 2. The van der Waals surface area contributed by atoms with Crippen molar-refractivity contribution in [2.75, 3.05) is 26.0 Å². The molecule has 9 heteroatoms. The van der Waals surface area contributed by atoms with E-state index < -0.39 is 0 Å². The first-order valence-corrected chi connectivity index (χ1v) is 10.1. The van der Waals surface area contributed by atoms with Crippen LogP contribution in [0.5, 0.6) is 0 Å². The summed E-state index contributed by atoms with van der Waals surface area (Å²) in [6.07, 6.45) is 2.49. The molecule has 0 radical (unpaired) electrons. The van der Waals surface area contributed by atoms with Gasteiger partial charge in [-0.05, 0) is 48.6 Å². The van der Waals surface area contributed by atoms with Crippen LogP contribution in [0.3, 0.4) is 0 Å². The number of urea groups is 1. The molecule has 4 rings (SSSR count). The molecule has 0 bridgehead atoms. The van der Waals surface area contributed by atoms with Gasteiger partial charge < -0.3 is 19.7 Å². The predicted molar refractivity (Wildman–Crippen MR) is 108 cm³/mol. The number of aromatic nitrogens is 4. The molecule has 1 aliphatic rings. The molecule has 3 aromatic heterocycles. The molecule has 0 aliphatic carbocycles. The predicted octanol–water partition coefficient (Wildman–Crippen LogP) is 2.43. The Hall–Kier alpha value is -2.78. The number of carbonyl (C=O) groups is 1. The summed E-state index contributed by atoms with van der Waals surface area (Å²) in [7, 11) is 3.98. The molecule has 0 unspecified atom stereocenters. The Morgan fingerprint density at radius 3 is 2.96 bits per heavy atom. The molecule has 1 N–H and O–H groups in total. The van der Waals surface area contributed by atoms with Gasteiger partial charge in [-0.2, -0.15) is 11.3 Å². The Balaban J connectivity index is 1.40. The molecule has 1 aliphatic heterocycles. The minimum absolute atomic E-state index is 0.129. The van der Waals surface area contributed by atoms with Crippen molar-refractivity contribution in [1.82, 2.24) is 29.5 Å². The highest BCUT2D eigenvalue weighted by atomic mass is 32.1. The largest absolute Gasteiger partial charge is 0.322 e. The minimum atomic E-state index is -0.129. The molecule has 2 amide bonds. The fraction of sp³-hybridized carbons (Fsp3) is 0.368. The molecule has 0 spiro atoms. The van der Waals surface area contributed by atoms with Gasteiger partial charge in [-0.25, -0.2) is 4.79 Å². The van der Waals surface area contributed by atoms with Gasteiger partial charge in [-0.15, -0.1) is 10.2 Å². The summed E-state index contributed by atoms with van der Waals surface area (Å²) in [5.41, 5.74) is 2.91. The lowest BCUT2D eigenvalue weighted by Gasteiger charge is -2.28. The number of nitrogens with zero attached hydrogens (tertiary/aromatic N) is 6. The first-order chi connectivity index (χ1) is 13.6. The van der Waals surface area contributed by atoms with E-state index in [1.807, 2.05) is 31.1 Å². The Bertz CT molecular complexity index is 951. The summed E-state index contributed by atoms with van der Waals surface area (Å²) in [5.74, 6) is 1.78. The van der Waals surface area contributed by atoms with E-state index in [1.54, 1.807) is 22.4 Å². The van der Waals surface area contributed by atoms with Crippen molar-refractivity contribution in [2.45, 2.75) is 26.1 Å². The van der Waals surface area contributed by atoms with Crippen molar-refractivity contribution in [3.63, 3.8) is 0 Å². The van der Waals surface area contributed by atoms with E-state index in [9.17, 15) is 4.79 Å². The molecule has 0 saturated carbocycles. The zero-order valence-corrected chi connectivity index (χ0v) is 16.8. The maximum Gasteiger partial charge on any atom is 0.322 e. The first-order valence-electron chi connectivity index (χ1n) is 9.16. The van der Waals surface area contributed by atoms with Gasteiger partial charge in [0.2, 0.25) is 0 Å². The number of hydrogen-bond acceptors (Lipinski definition) is 6. The van der Waals surface area contributed by atoms with Gasteiger partial charge in [0.1, 0.15) is 5.82 Å². The molecule has 4 heterocycles. The quantitative estimate of drug-likeness (QED) is 0.715. The second kappa shape index (κ2) is 8.07. The van der Waals surface area contributed by atoms with Crippen molar-refractivity contribution in [2.24, 2.45) is 0 Å². The van der Waals surface area contributed by atoms with Crippen LogP contribution in [0.15, 0.2) is 35.2 Å². The van der Waals surface area contributed by atoms with Gasteiger partial charge in [0, 0.05) is 37.9 Å². The maximum absolute atomic E-state index is 12.7. The van der Waals surface area contributed by atoms with Crippen LogP contribution in [0.4, 0.5) is 10.5 Å². The van der Waals surface area contributed by atoms with Crippen LogP contribution in [-0.4, -0.2) is 56.2 Å². The van der Waals surface area contributed by atoms with Gasteiger partial charge in [0.15, 0.2) is 5.82 Å². The van der Waals surface area contributed by atoms with E-state index >= 15 is 0 Å². The topological polar surface area (TPSA) is 79.2 Å². The average molecular weight is 398 g/mol. The molecule has 0 aromatic carbocycles. The van der Waals surface area contributed by atoms with Crippen LogP contribution in [0.1, 0.15) is 22.9 Å². The van der Waals surface area contributed by atoms with Crippen molar-refractivity contribution < 1.29 is 4.79 Å². The van der Waals surface area contributed by atoms with Crippen molar-refractivity contribution in [1.29, 1.82) is 0 Å². The highest BCUT2D eigenvalue weighted by Crippen LogP contribution is 2.18. The van der Waals surface area contributed by atoms with Gasteiger partial charge in [0.05, 0.1) is 12.2 Å². The zero-order chi connectivity index (χ0) is 19.5.